The first-order valence-electron chi connectivity index (χ1n) is 9.21. The van der Waals surface area contributed by atoms with Crippen molar-refractivity contribution in [3.8, 4) is 0 Å². The van der Waals surface area contributed by atoms with Crippen molar-refractivity contribution in [2.45, 2.75) is 56.7 Å². The van der Waals surface area contributed by atoms with Gasteiger partial charge in [0, 0.05) is 24.2 Å². The lowest BCUT2D eigenvalue weighted by atomic mass is 9.77. The van der Waals surface area contributed by atoms with Crippen LogP contribution >= 0.6 is 23.2 Å². The summed E-state index contributed by atoms with van der Waals surface area (Å²) in [6, 6.07) is 6.80. The van der Waals surface area contributed by atoms with Gasteiger partial charge in [0.05, 0.1) is 17.2 Å². The molecule has 7 heteroatoms. The zero-order valence-corrected chi connectivity index (χ0v) is 17.6. The Hall–Kier alpha value is -1.30. The smallest absolute Gasteiger partial charge is 0.352 e. The zero-order valence-electron chi connectivity index (χ0n) is 16.1. The standard InChI is InChI=1S/C20H26Cl2N2O3/c1-20(2,19(25)26-4)27-23-11-15-14(10-13-6-8-18(15)24(13)3)12-5-7-16(21)17(22)9-12/h5,7,9,11,13-15,18H,6,8,10H2,1-4H3/b23-11+/t13?,14-,15-,18-/m1/s1. The lowest BCUT2D eigenvalue weighted by Crippen LogP contribution is -2.46. The molecule has 0 N–H and O–H groups in total. The topological polar surface area (TPSA) is 51.1 Å². The molecular formula is C20H26Cl2N2O3. The molecule has 0 saturated carbocycles. The van der Waals surface area contributed by atoms with E-state index in [-0.39, 0.29) is 11.8 Å². The number of carbonyl (C=O) groups excluding carboxylic acids is 1. The molecule has 3 rings (SSSR count). The van der Waals surface area contributed by atoms with E-state index in [9.17, 15) is 4.79 Å². The van der Waals surface area contributed by atoms with Crippen LogP contribution in [0.3, 0.4) is 0 Å². The summed E-state index contributed by atoms with van der Waals surface area (Å²) < 4.78 is 4.77. The van der Waals surface area contributed by atoms with E-state index in [0.717, 1.165) is 18.4 Å². The van der Waals surface area contributed by atoms with E-state index in [1.54, 1.807) is 13.8 Å². The molecular weight excluding hydrogens is 387 g/mol. The summed E-state index contributed by atoms with van der Waals surface area (Å²) in [5.74, 6) is -0.0103. The Morgan fingerprint density at radius 2 is 2.04 bits per heavy atom. The largest absolute Gasteiger partial charge is 0.466 e. The average Bonchev–Trinajstić information content (AvgIpc) is 2.87. The lowest BCUT2D eigenvalue weighted by molar-refractivity contribution is -0.165. The van der Waals surface area contributed by atoms with Crippen LogP contribution in [0.1, 0.15) is 44.6 Å². The molecule has 0 aliphatic carbocycles. The first-order chi connectivity index (χ1) is 12.7. The van der Waals surface area contributed by atoms with Crippen LogP contribution in [-0.2, 0) is 14.4 Å². The number of oxime groups is 1. The maximum atomic E-state index is 11.8. The fourth-order valence-electron chi connectivity index (χ4n) is 4.33. The molecule has 2 bridgehead atoms. The molecule has 27 heavy (non-hydrogen) atoms. The van der Waals surface area contributed by atoms with Crippen LogP contribution in [-0.4, -0.2) is 48.9 Å². The van der Waals surface area contributed by atoms with Crippen LogP contribution in [0.4, 0.5) is 0 Å². The number of fused-ring (bicyclic) bond motifs is 2. The SMILES string of the molecule is COC(=O)C(C)(C)O/N=C/[C@@H]1[C@@H](c2ccc(Cl)c(Cl)c2)CC2CC[C@H]1N2C. The minimum Gasteiger partial charge on any atom is -0.466 e. The van der Waals surface area contributed by atoms with E-state index < -0.39 is 11.6 Å². The van der Waals surface area contributed by atoms with E-state index in [2.05, 4.69) is 17.1 Å². The normalized spacial score (nSPS) is 28.5. The zero-order chi connectivity index (χ0) is 19.8. The van der Waals surface area contributed by atoms with Crippen molar-refractivity contribution in [3.05, 3.63) is 33.8 Å². The van der Waals surface area contributed by atoms with E-state index in [1.165, 1.54) is 13.5 Å². The van der Waals surface area contributed by atoms with Gasteiger partial charge in [-0.3, -0.25) is 4.90 Å². The number of hydrogen-bond donors (Lipinski definition) is 0. The van der Waals surface area contributed by atoms with E-state index in [4.69, 9.17) is 32.8 Å². The maximum absolute atomic E-state index is 11.8. The highest BCUT2D eigenvalue weighted by Gasteiger charge is 2.45. The molecule has 2 fully saturated rings. The summed E-state index contributed by atoms with van der Waals surface area (Å²) >= 11 is 12.4. The number of piperidine rings is 1. The van der Waals surface area contributed by atoms with Gasteiger partial charge in [-0.25, -0.2) is 4.79 Å². The molecule has 0 amide bonds. The van der Waals surface area contributed by atoms with Crippen molar-refractivity contribution in [3.63, 3.8) is 0 Å². The van der Waals surface area contributed by atoms with Gasteiger partial charge in [-0.05, 0) is 63.8 Å². The van der Waals surface area contributed by atoms with Gasteiger partial charge in [-0.1, -0.05) is 34.4 Å². The first-order valence-corrected chi connectivity index (χ1v) is 9.97. The molecule has 2 heterocycles. The third kappa shape index (κ3) is 4.10. The molecule has 2 aliphatic heterocycles. The molecule has 4 atom stereocenters. The average molecular weight is 413 g/mol. The Bertz CT molecular complexity index is 738. The lowest BCUT2D eigenvalue weighted by Gasteiger charge is -2.41. The molecule has 1 aromatic rings. The van der Waals surface area contributed by atoms with Crippen LogP contribution < -0.4 is 0 Å². The van der Waals surface area contributed by atoms with Gasteiger partial charge in [0.2, 0.25) is 5.60 Å². The van der Waals surface area contributed by atoms with Crippen molar-refractivity contribution in [1.29, 1.82) is 0 Å². The fourth-order valence-corrected chi connectivity index (χ4v) is 4.63. The molecule has 2 aliphatic rings. The first kappa shape index (κ1) is 20.4. The second-order valence-electron chi connectivity index (χ2n) is 7.90. The third-order valence-corrected chi connectivity index (χ3v) is 6.63. The third-order valence-electron chi connectivity index (χ3n) is 5.89. The number of hydrogen-bond acceptors (Lipinski definition) is 5. The van der Waals surface area contributed by atoms with Crippen molar-refractivity contribution >= 4 is 35.4 Å². The molecule has 0 aromatic heterocycles. The second kappa shape index (κ2) is 7.98. The van der Waals surface area contributed by atoms with Gasteiger partial charge in [-0.2, -0.15) is 0 Å². The molecule has 0 radical (unpaired) electrons. The van der Waals surface area contributed by atoms with Gasteiger partial charge >= 0.3 is 5.97 Å². The number of halogens is 2. The van der Waals surface area contributed by atoms with Crippen molar-refractivity contribution in [1.82, 2.24) is 4.90 Å². The van der Waals surface area contributed by atoms with Crippen LogP contribution in [0.25, 0.3) is 0 Å². The monoisotopic (exact) mass is 412 g/mol. The number of esters is 1. The molecule has 5 nitrogen and oxygen atoms in total. The van der Waals surface area contributed by atoms with E-state index in [1.807, 2.05) is 24.4 Å². The van der Waals surface area contributed by atoms with E-state index >= 15 is 0 Å². The molecule has 1 unspecified atom stereocenters. The Morgan fingerprint density at radius 1 is 1.30 bits per heavy atom. The van der Waals surface area contributed by atoms with Crippen LogP contribution in [0, 0.1) is 5.92 Å². The number of carbonyl (C=O) groups is 1. The van der Waals surface area contributed by atoms with E-state index in [0.29, 0.717) is 22.1 Å². The number of benzene rings is 1. The van der Waals surface area contributed by atoms with Gasteiger partial charge in [0.25, 0.3) is 0 Å². The van der Waals surface area contributed by atoms with Crippen LogP contribution in [0.15, 0.2) is 23.4 Å². The predicted molar refractivity (Wildman–Crippen MR) is 108 cm³/mol. The number of rotatable bonds is 5. The van der Waals surface area contributed by atoms with Crippen LogP contribution in [0.2, 0.25) is 10.0 Å². The molecule has 2 saturated heterocycles. The number of methoxy groups -OCH3 is 1. The maximum Gasteiger partial charge on any atom is 0.352 e. The van der Waals surface area contributed by atoms with Crippen molar-refractivity contribution in [2.75, 3.05) is 14.2 Å². The Balaban J connectivity index is 1.85. The number of nitrogens with zero attached hydrogens (tertiary/aromatic N) is 2. The summed E-state index contributed by atoms with van der Waals surface area (Å²) in [6.45, 7) is 3.29. The van der Waals surface area contributed by atoms with Gasteiger partial charge in [-0.15, -0.1) is 0 Å². The van der Waals surface area contributed by atoms with Crippen LogP contribution in [0.5, 0.6) is 0 Å². The minimum atomic E-state index is -1.12. The Morgan fingerprint density at radius 3 is 2.70 bits per heavy atom. The highest BCUT2D eigenvalue weighted by Crippen LogP contribution is 2.46. The summed E-state index contributed by atoms with van der Waals surface area (Å²) in [5, 5.41) is 5.32. The fraction of sp³-hybridized carbons (Fsp3) is 0.600. The highest BCUT2D eigenvalue weighted by molar-refractivity contribution is 6.42. The summed E-state index contributed by atoms with van der Waals surface area (Å²) in [6.07, 6.45) is 5.18. The second-order valence-corrected chi connectivity index (χ2v) is 8.72. The summed E-state index contributed by atoms with van der Waals surface area (Å²) in [5.41, 5.74) is 0.0430. The van der Waals surface area contributed by atoms with Gasteiger partial charge in [0.1, 0.15) is 0 Å². The molecule has 148 valence electrons. The van der Waals surface area contributed by atoms with Crippen molar-refractivity contribution in [2.24, 2.45) is 11.1 Å². The number of ether oxygens (including phenoxy) is 1. The molecule has 0 spiro atoms. The molecule has 1 aromatic carbocycles. The Kier molecular flexibility index (Phi) is 6.04. The summed E-state index contributed by atoms with van der Waals surface area (Å²) in [7, 11) is 3.51. The van der Waals surface area contributed by atoms with Gasteiger partial charge < -0.3 is 9.57 Å². The highest BCUT2D eigenvalue weighted by atomic mass is 35.5. The quantitative estimate of drug-likeness (QED) is 0.405. The Labute approximate surface area is 170 Å². The summed E-state index contributed by atoms with van der Waals surface area (Å²) in [4.78, 5) is 19.7. The van der Waals surface area contributed by atoms with Crippen molar-refractivity contribution < 1.29 is 14.4 Å². The van der Waals surface area contributed by atoms with Gasteiger partial charge in [0.15, 0.2) is 0 Å². The predicted octanol–water partition coefficient (Wildman–Crippen LogP) is 4.51. The minimum absolute atomic E-state index is 0.166.